The molecule has 3 aromatic rings. The Kier molecular flexibility index (Phi) is 6.55. The van der Waals surface area contributed by atoms with Gasteiger partial charge in [-0.05, 0) is 57.9 Å². The topological polar surface area (TPSA) is 97.6 Å². The molecule has 0 saturated carbocycles. The Labute approximate surface area is 190 Å². The van der Waals surface area contributed by atoms with Crippen molar-refractivity contribution in [2.45, 2.75) is 45.6 Å². The van der Waals surface area contributed by atoms with E-state index in [1.54, 1.807) is 18.4 Å². The summed E-state index contributed by atoms with van der Waals surface area (Å²) in [4.78, 5) is 31.6. The molecular formula is C23H26N4O4S. The third-order valence-electron chi connectivity index (χ3n) is 5.23. The van der Waals surface area contributed by atoms with Gasteiger partial charge in [0.25, 0.3) is 11.8 Å². The zero-order valence-corrected chi connectivity index (χ0v) is 19.1. The number of thiazole rings is 1. The number of hydrogen-bond acceptors (Lipinski definition) is 7. The first kappa shape index (κ1) is 22.0. The molecule has 1 aliphatic heterocycles. The number of benzene rings is 1. The van der Waals surface area contributed by atoms with Gasteiger partial charge in [0, 0.05) is 36.0 Å². The maximum atomic E-state index is 12.9. The zero-order chi connectivity index (χ0) is 22.7. The van der Waals surface area contributed by atoms with Crippen molar-refractivity contribution in [2.75, 3.05) is 18.4 Å². The number of anilines is 1. The molecule has 0 atom stereocenters. The highest BCUT2D eigenvalue weighted by Crippen LogP contribution is 2.31. The first-order valence-corrected chi connectivity index (χ1v) is 11.5. The quantitative estimate of drug-likeness (QED) is 0.589. The molecule has 2 aromatic heterocycles. The smallest absolute Gasteiger partial charge is 0.276 e. The van der Waals surface area contributed by atoms with Gasteiger partial charge in [0.15, 0.2) is 5.82 Å². The average molecular weight is 455 g/mol. The van der Waals surface area contributed by atoms with Crippen molar-refractivity contribution in [1.29, 1.82) is 0 Å². The van der Waals surface area contributed by atoms with Gasteiger partial charge in [-0.25, -0.2) is 4.98 Å². The van der Waals surface area contributed by atoms with E-state index in [1.807, 2.05) is 43.0 Å². The highest BCUT2D eigenvalue weighted by molar-refractivity contribution is 7.10. The van der Waals surface area contributed by atoms with Crippen LogP contribution in [0.4, 0.5) is 5.82 Å². The lowest BCUT2D eigenvalue weighted by molar-refractivity contribution is 0.0713. The number of carbonyl (C=O) groups is 2. The van der Waals surface area contributed by atoms with Crippen LogP contribution in [0.15, 0.2) is 40.2 Å². The standard InChI is InChI=1S/C23H26N4O4S/c1-14(2)30-18-6-4-17(5-7-18)23(29)27-10-8-16(9-11-27)22-24-19(13-32-22)21(28)25-20-12-15(3)31-26-20/h4-7,12-14,16H,8-11H2,1-3H3,(H,25,26,28). The number of rotatable bonds is 6. The molecule has 32 heavy (non-hydrogen) atoms. The van der Waals surface area contributed by atoms with Crippen molar-refractivity contribution in [3.8, 4) is 5.75 Å². The van der Waals surface area contributed by atoms with Crippen LogP contribution >= 0.6 is 11.3 Å². The van der Waals surface area contributed by atoms with Crippen molar-refractivity contribution < 1.29 is 18.8 Å². The lowest BCUT2D eigenvalue weighted by Crippen LogP contribution is -2.37. The molecule has 0 unspecified atom stereocenters. The van der Waals surface area contributed by atoms with Crippen LogP contribution < -0.4 is 10.1 Å². The second-order valence-electron chi connectivity index (χ2n) is 8.11. The largest absolute Gasteiger partial charge is 0.491 e. The van der Waals surface area contributed by atoms with Crippen molar-refractivity contribution in [3.05, 3.63) is 57.7 Å². The minimum absolute atomic E-state index is 0.0293. The summed E-state index contributed by atoms with van der Waals surface area (Å²) >= 11 is 1.48. The van der Waals surface area contributed by atoms with E-state index >= 15 is 0 Å². The van der Waals surface area contributed by atoms with Gasteiger partial charge in [0.05, 0.1) is 11.1 Å². The first-order chi connectivity index (χ1) is 15.4. The molecule has 4 rings (SSSR count). The minimum Gasteiger partial charge on any atom is -0.491 e. The van der Waals surface area contributed by atoms with Crippen LogP contribution in [0.25, 0.3) is 0 Å². The number of aromatic nitrogens is 2. The van der Waals surface area contributed by atoms with E-state index in [0.29, 0.717) is 35.9 Å². The number of nitrogens with one attached hydrogen (secondary N) is 1. The molecular weight excluding hydrogens is 428 g/mol. The monoisotopic (exact) mass is 454 g/mol. The molecule has 3 heterocycles. The molecule has 9 heteroatoms. The van der Waals surface area contributed by atoms with Gasteiger partial charge >= 0.3 is 0 Å². The summed E-state index contributed by atoms with van der Waals surface area (Å²) in [6, 6.07) is 8.95. The Balaban J connectivity index is 1.31. The summed E-state index contributed by atoms with van der Waals surface area (Å²) in [6.45, 7) is 7.02. The van der Waals surface area contributed by atoms with Gasteiger partial charge in [0.1, 0.15) is 17.2 Å². The Morgan fingerprint density at radius 1 is 1.22 bits per heavy atom. The predicted octanol–water partition coefficient (Wildman–Crippen LogP) is 4.50. The number of piperidine rings is 1. The fourth-order valence-corrected chi connectivity index (χ4v) is 4.62. The van der Waals surface area contributed by atoms with Crippen molar-refractivity contribution in [3.63, 3.8) is 0 Å². The maximum Gasteiger partial charge on any atom is 0.276 e. The van der Waals surface area contributed by atoms with Gasteiger partial charge in [-0.2, -0.15) is 0 Å². The van der Waals surface area contributed by atoms with Crippen LogP contribution in [-0.4, -0.2) is 46.0 Å². The van der Waals surface area contributed by atoms with E-state index in [-0.39, 0.29) is 23.8 Å². The van der Waals surface area contributed by atoms with Crippen molar-refractivity contribution >= 4 is 29.0 Å². The SMILES string of the molecule is Cc1cc(NC(=O)c2csc(C3CCN(C(=O)c4ccc(OC(C)C)cc4)CC3)n2)no1. The highest BCUT2D eigenvalue weighted by atomic mass is 32.1. The molecule has 8 nitrogen and oxygen atoms in total. The molecule has 1 aromatic carbocycles. The predicted molar refractivity (Wildman–Crippen MR) is 121 cm³/mol. The van der Waals surface area contributed by atoms with E-state index in [4.69, 9.17) is 9.26 Å². The van der Waals surface area contributed by atoms with Crippen LogP contribution in [0.5, 0.6) is 5.75 Å². The van der Waals surface area contributed by atoms with Crippen LogP contribution in [0.3, 0.4) is 0 Å². The number of aryl methyl sites for hydroxylation is 1. The van der Waals surface area contributed by atoms with E-state index in [1.165, 1.54) is 11.3 Å². The maximum absolute atomic E-state index is 12.9. The molecule has 0 spiro atoms. The van der Waals surface area contributed by atoms with Gasteiger partial charge in [-0.3, -0.25) is 9.59 Å². The summed E-state index contributed by atoms with van der Waals surface area (Å²) in [6.07, 6.45) is 1.73. The Bertz CT molecular complexity index is 1080. The summed E-state index contributed by atoms with van der Waals surface area (Å²) in [7, 11) is 0. The van der Waals surface area contributed by atoms with Gasteiger partial charge in [-0.15, -0.1) is 11.3 Å². The molecule has 1 aliphatic rings. The first-order valence-electron chi connectivity index (χ1n) is 10.6. The van der Waals surface area contributed by atoms with Gasteiger partial charge in [0.2, 0.25) is 0 Å². The van der Waals surface area contributed by atoms with E-state index in [0.717, 1.165) is 23.6 Å². The molecule has 168 valence electrons. The highest BCUT2D eigenvalue weighted by Gasteiger charge is 2.27. The lowest BCUT2D eigenvalue weighted by Gasteiger charge is -2.31. The van der Waals surface area contributed by atoms with Crippen LogP contribution in [0, 0.1) is 6.92 Å². The summed E-state index contributed by atoms with van der Waals surface area (Å²) in [5.41, 5.74) is 1.03. The molecule has 1 N–H and O–H groups in total. The lowest BCUT2D eigenvalue weighted by atomic mass is 9.97. The minimum atomic E-state index is -0.307. The van der Waals surface area contributed by atoms with Crippen LogP contribution in [0.2, 0.25) is 0 Å². The Hall–Kier alpha value is -3.20. The molecule has 2 amide bonds. The van der Waals surface area contributed by atoms with Crippen molar-refractivity contribution in [2.24, 2.45) is 0 Å². The van der Waals surface area contributed by atoms with Crippen LogP contribution in [-0.2, 0) is 0 Å². The number of nitrogens with zero attached hydrogens (tertiary/aromatic N) is 3. The third-order valence-corrected chi connectivity index (χ3v) is 6.24. The summed E-state index contributed by atoms with van der Waals surface area (Å²) < 4.78 is 10.6. The normalized spacial score (nSPS) is 14.6. The van der Waals surface area contributed by atoms with Gasteiger partial charge < -0.3 is 19.5 Å². The molecule has 0 radical (unpaired) electrons. The second-order valence-corrected chi connectivity index (χ2v) is 9.00. The fraction of sp³-hybridized carbons (Fsp3) is 0.391. The summed E-state index contributed by atoms with van der Waals surface area (Å²) in [5.74, 6) is 1.72. The van der Waals surface area contributed by atoms with Gasteiger partial charge in [-0.1, -0.05) is 5.16 Å². The van der Waals surface area contributed by atoms with E-state index < -0.39 is 0 Å². The zero-order valence-electron chi connectivity index (χ0n) is 18.3. The van der Waals surface area contributed by atoms with Crippen molar-refractivity contribution in [1.82, 2.24) is 15.0 Å². The molecule has 1 fully saturated rings. The number of amides is 2. The molecule has 0 aliphatic carbocycles. The van der Waals surface area contributed by atoms with E-state index in [2.05, 4.69) is 15.5 Å². The second kappa shape index (κ2) is 9.52. The number of carbonyl (C=O) groups excluding carboxylic acids is 2. The number of ether oxygens (including phenoxy) is 1. The number of hydrogen-bond donors (Lipinski definition) is 1. The third kappa shape index (κ3) is 5.16. The number of likely N-dealkylation sites (tertiary alicyclic amines) is 1. The van der Waals surface area contributed by atoms with E-state index in [9.17, 15) is 9.59 Å². The molecule has 1 saturated heterocycles. The summed E-state index contributed by atoms with van der Waals surface area (Å²) in [5, 5.41) is 9.14. The Morgan fingerprint density at radius 2 is 1.94 bits per heavy atom. The molecule has 0 bridgehead atoms. The fourth-order valence-electron chi connectivity index (χ4n) is 3.65. The Morgan fingerprint density at radius 3 is 2.56 bits per heavy atom. The average Bonchev–Trinajstić information content (AvgIpc) is 3.43. The van der Waals surface area contributed by atoms with Crippen LogP contribution in [0.1, 0.15) is 64.2 Å².